The summed E-state index contributed by atoms with van der Waals surface area (Å²) >= 11 is 2.46. The molecule has 0 aliphatic carbocycles. The van der Waals surface area contributed by atoms with Gasteiger partial charge in [0.15, 0.2) is 0 Å². The molecule has 1 unspecified atom stereocenters. The van der Waals surface area contributed by atoms with Gasteiger partial charge in [-0.15, -0.1) is 0 Å². The van der Waals surface area contributed by atoms with E-state index < -0.39 is 0 Å². The first-order valence-corrected chi connectivity index (χ1v) is 10.9. The van der Waals surface area contributed by atoms with Crippen LogP contribution in [0.3, 0.4) is 0 Å². The second kappa shape index (κ2) is 13.4. The fourth-order valence-electron chi connectivity index (χ4n) is 2.69. The number of benzene rings is 1. The zero-order valence-electron chi connectivity index (χ0n) is 16.0. The number of halogens is 1. The molecule has 0 saturated carbocycles. The molecule has 1 rings (SSSR count). The van der Waals surface area contributed by atoms with Gasteiger partial charge in [-0.3, -0.25) is 0 Å². The molecule has 4 heteroatoms. The summed E-state index contributed by atoms with van der Waals surface area (Å²) in [4.78, 5) is 12.1. The minimum Gasteiger partial charge on any atom is -0.492 e. The summed E-state index contributed by atoms with van der Waals surface area (Å²) in [5.41, 5.74) is 1.70. The molecular weight excluding hydrogens is 427 g/mol. The number of aryl methyl sites for hydroxylation is 1. The molecule has 0 aliphatic heterocycles. The van der Waals surface area contributed by atoms with Crippen molar-refractivity contribution in [3.05, 3.63) is 29.3 Å². The highest BCUT2D eigenvalue weighted by atomic mass is 127. The molecule has 0 radical (unpaired) electrons. The number of hydrogen-bond acceptors (Lipinski definition) is 3. The van der Waals surface area contributed by atoms with Crippen molar-refractivity contribution in [2.24, 2.45) is 0 Å². The van der Waals surface area contributed by atoms with E-state index in [9.17, 15) is 4.79 Å². The molecule has 0 aliphatic rings. The van der Waals surface area contributed by atoms with Crippen LogP contribution in [-0.4, -0.2) is 23.1 Å². The van der Waals surface area contributed by atoms with E-state index in [2.05, 4.69) is 36.4 Å². The highest BCUT2D eigenvalue weighted by Crippen LogP contribution is 2.24. The highest BCUT2D eigenvalue weighted by Gasteiger charge is 2.15. The van der Waals surface area contributed by atoms with E-state index >= 15 is 0 Å². The lowest BCUT2D eigenvalue weighted by Crippen LogP contribution is -2.14. The van der Waals surface area contributed by atoms with E-state index in [1.165, 1.54) is 44.1 Å². The summed E-state index contributed by atoms with van der Waals surface area (Å²) in [6, 6.07) is 5.76. The monoisotopic (exact) mass is 460 g/mol. The largest absolute Gasteiger partial charge is 0.492 e. The average molecular weight is 460 g/mol. The van der Waals surface area contributed by atoms with Crippen molar-refractivity contribution in [2.45, 2.75) is 76.1 Å². The maximum Gasteiger partial charge on any atom is 0.341 e. The Bertz CT molecular complexity index is 502. The minimum atomic E-state index is -0.305. The van der Waals surface area contributed by atoms with Gasteiger partial charge in [-0.1, -0.05) is 81.0 Å². The van der Waals surface area contributed by atoms with Gasteiger partial charge in [0.1, 0.15) is 11.3 Å². The van der Waals surface area contributed by atoms with Crippen molar-refractivity contribution >= 4 is 28.6 Å². The Balaban J connectivity index is 2.49. The van der Waals surface area contributed by atoms with Crippen molar-refractivity contribution in [1.82, 2.24) is 0 Å². The third-order valence-electron chi connectivity index (χ3n) is 4.24. The molecule has 142 valence electrons. The Hall–Kier alpha value is -0.780. The Labute approximate surface area is 167 Å². The van der Waals surface area contributed by atoms with Crippen molar-refractivity contribution in [3.8, 4) is 5.75 Å². The number of carbonyl (C=O) groups is 1. The average Bonchev–Trinajstić information content (AvgIpc) is 2.62. The predicted octanol–water partition coefficient (Wildman–Crippen LogP) is 6.36. The van der Waals surface area contributed by atoms with Crippen molar-refractivity contribution < 1.29 is 14.3 Å². The summed E-state index contributed by atoms with van der Waals surface area (Å²) in [6.07, 6.45) is 9.97. The first-order chi connectivity index (χ1) is 12.1. The van der Waals surface area contributed by atoms with Crippen LogP contribution in [0.5, 0.6) is 5.75 Å². The van der Waals surface area contributed by atoms with Gasteiger partial charge >= 0.3 is 5.97 Å². The van der Waals surface area contributed by atoms with Gasteiger partial charge in [0.05, 0.1) is 13.2 Å². The van der Waals surface area contributed by atoms with Gasteiger partial charge in [-0.05, 0) is 37.5 Å². The SMILES string of the molecule is CCCCCCCCC(I)COc1cc(CC)ccc1C(=O)OCC. The van der Waals surface area contributed by atoms with Crippen LogP contribution in [0.1, 0.15) is 81.6 Å². The molecule has 0 saturated heterocycles. The van der Waals surface area contributed by atoms with Gasteiger partial charge in [-0.25, -0.2) is 4.79 Å². The lowest BCUT2D eigenvalue weighted by Gasteiger charge is -2.15. The van der Waals surface area contributed by atoms with E-state index in [0.29, 0.717) is 28.5 Å². The van der Waals surface area contributed by atoms with Gasteiger partial charge < -0.3 is 9.47 Å². The Morgan fingerprint density at radius 1 is 1.08 bits per heavy atom. The first-order valence-electron chi connectivity index (χ1n) is 9.69. The minimum absolute atomic E-state index is 0.305. The van der Waals surface area contributed by atoms with Crippen molar-refractivity contribution in [1.29, 1.82) is 0 Å². The van der Waals surface area contributed by atoms with Crippen LogP contribution in [0.2, 0.25) is 0 Å². The summed E-state index contributed by atoms with van der Waals surface area (Å²) < 4.78 is 11.6. The standard InChI is InChI=1S/C21H33IO3/c1-4-7-8-9-10-11-12-18(22)16-25-20-15-17(5-2)13-14-19(20)21(23)24-6-3/h13-15,18H,4-12,16H2,1-3H3. The molecule has 0 bridgehead atoms. The number of rotatable bonds is 13. The first kappa shape index (κ1) is 22.3. The molecule has 25 heavy (non-hydrogen) atoms. The number of esters is 1. The van der Waals surface area contributed by atoms with E-state index in [-0.39, 0.29) is 5.97 Å². The molecule has 3 nitrogen and oxygen atoms in total. The van der Waals surface area contributed by atoms with Crippen LogP contribution in [0.15, 0.2) is 18.2 Å². The second-order valence-electron chi connectivity index (χ2n) is 6.37. The van der Waals surface area contributed by atoms with Gasteiger partial charge in [0.2, 0.25) is 0 Å². The molecule has 1 aromatic carbocycles. The summed E-state index contributed by atoms with van der Waals surface area (Å²) in [7, 11) is 0. The van der Waals surface area contributed by atoms with Crippen molar-refractivity contribution in [3.63, 3.8) is 0 Å². The molecule has 0 fully saturated rings. The highest BCUT2D eigenvalue weighted by molar-refractivity contribution is 14.1. The number of carbonyl (C=O) groups excluding carboxylic acids is 1. The van der Waals surface area contributed by atoms with E-state index in [1.807, 2.05) is 25.1 Å². The smallest absolute Gasteiger partial charge is 0.341 e. The van der Waals surface area contributed by atoms with Gasteiger partial charge in [-0.2, -0.15) is 0 Å². The summed E-state index contributed by atoms with van der Waals surface area (Å²) in [5, 5.41) is 0. The molecule has 1 aromatic rings. The van der Waals surface area contributed by atoms with E-state index in [4.69, 9.17) is 9.47 Å². The zero-order valence-corrected chi connectivity index (χ0v) is 18.1. The maximum atomic E-state index is 12.1. The maximum absolute atomic E-state index is 12.1. The zero-order chi connectivity index (χ0) is 18.5. The number of unbranched alkanes of at least 4 members (excludes halogenated alkanes) is 5. The van der Waals surface area contributed by atoms with E-state index in [0.717, 1.165) is 12.8 Å². The Kier molecular flexibility index (Phi) is 12.0. The molecule has 1 atom stereocenters. The normalized spacial score (nSPS) is 12.0. The number of ether oxygens (including phenoxy) is 2. The molecule has 0 heterocycles. The fourth-order valence-corrected chi connectivity index (χ4v) is 3.31. The van der Waals surface area contributed by atoms with Crippen LogP contribution >= 0.6 is 22.6 Å². The van der Waals surface area contributed by atoms with Crippen LogP contribution in [-0.2, 0) is 11.2 Å². The third-order valence-corrected chi connectivity index (χ3v) is 5.22. The Morgan fingerprint density at radius 3 is 2.48 bits per heavy atom. The van der Waals surface area contributed by atoms with Crippen molar-refractivity contribution in [2.75, 3.05) is 13.2 Å². The molecular formula is C21H33IO3. The van der Waals surface area contributed by atoms with Crippen LogP contribution < -0.4 is 4.74 Å². The van der Waals surface area contributed by atoms with Gasteiger partial charge in [0, 0.05) is 3.92 Å². The van der Waals surface area contributed by atoms with Crippen LogP contribution in [0.4, 0.5) is 0 Å². The van der Waals surface area contributed by atoms with Gasteiger partial charge in [0.25, 0.3) is 0 Å². The lowest BCUT2D eigenvalue weighted by molar-refractivity contribution is 0.0521. The summed E-state index contributed by atoms with van der Waals surface area (Å²) in [6.45, 7) is 7.18. The molecule has 0 N–H and O–H groups in total. The lowest BCUT2D eigenvalue weighted by atomic mass is 10.1. The molecule has 0 amide bonds. The predicted molar refractivity (Wildman–Crippen MR) is 113 cm³/mol. The van der Waals surface area contributed by atoms with Crippen LogP contribution in [0.25, 0.3) is 0 Å². The topological polar surface area (TPSA) is 35.5 Å². The molecule has 0 aromatic heterocycles. The molecule has 0 spiro atoms. The fraction of sp³-hybridized carbons (Fsp3) is 0.667. The Morgan fingerprint density at radius 2 is 1.80 bits per heavy atom. The number of alkyl halides is 1. The number of hydrogen-bond donors (Lipinski definition) is 0. The second-order valence-corrected chi connectivity index (χ2v) is 8.13. The van der Waals surface area contributed by atoms with Crippen LogP contribution in [0, 0.1) is 0 Å². The summed E-state index contributed by atoms with van der Waals surface area (Å²) in [5.74, 6) is 0.350. The third kappa shape index (κ3) is 8.93. The van der Waals surface area contributed by atoms with E-state index in [1.54, 1.807) is 0 Å². The quantitative estimate of drug-likeness (QED) is 0.149.